The van der Waals surface area contributed by atoms with Gasteiger partial charge in [-0.05, 0) is 55.5 Å². The number of aromatic nitrogens is 2. The number of nitrogens with zero attached hydrogens (tertiary/aromatic N) is 1. The molecular formula is C22H15F2N3O3. The third-order valence-corrected chi connectivity index (χ3v) is 4.48. The number of ketones is 1. The molecule has 2 aromatic heterocycles. The van der Waals surface area contributed by atoms with E-state index in [1.165, 1.54) is 54.7 Å². The number of carbonyl (C=O) groups excluding carboxylic acids is 2. The predicted octanol–water partition coefficient (Wildman–Crippen LogP) is 4.74. The molecule has 0 saturated heterocycles. The smallest absolute Gasteiger partial charge is 0.272 e. The second-order valence-electron chi connectivity index (χ2n) is 6.56. The quantitative estimate of drug-likeness (QED) is 0.468. The van der Waals surface area contributed by atoms with Crippen LogP contribution in [0.25, 0.3) is 11.3 Å². The van der Waals surface area contributed by atoms with Crippen molar-refractivity contribution in [2.24, 2.45) is 0 Å². The SMILES string of the molecule is Cc1onc(-c2ccc(F)cc2)c1C(=O)c1c[nH]c(C(=O)Nc2cccc(F)c2)c1. The van der Waals surface area contributed by atoms with Gasteiger partial charge >= 0.3 is 0 Å². The first kappa shape index (κ1) is 19.3. The van der Waals surface area contributed by atoms with Crippen LogP contribution >= 0.6 is 0 Å². The van der Waals surface area contributed by atoms with Gasteiger partial charge in [-0.1, -0.05) is 11.2 Å². The predicted molar refractivity (Wildman–Crippen MR) is 105 cm³/mol. The van der Waals surface area contributed by atoms with Gasteiger partial charge in [-0.3, -0.25) is 9.59 Å². The van der Waals surface area contributed by atoms with Gasteiger partial charge < -0.3 is 14.8 Å². The molecule has 150 valence electrons. The largest absolute Gasteiger partial charge is 0.360 e. The Morgan fingerprint density at radius 3 is 2.53 bits per heavy atom. The lowest BCUT2D eigenvalue weighted by Gasteiger charge is -2.03. The normalized spacial score (nSPS) is 10.8. The highest BCUT2D eigenvalue weighted by molar-refractivity contribution is 6.14. The summed E-state index contributed by atoms with van der Waals surface area (Å²) in [6.45, 7) is 1.59. The number of aryl methyl sites for hydroxylation is 1. The molecule has 4 rings (SSSR count). The second kappa shape index (κ2) is 7.75. The molecule has 4 aromatic rings. The van der Waals surface area contributed by atoms with Crippen molar-refractivity contribution in [1.82, 2.24) is 10.1 Å². The molecule has 0 saturated carbocycles. The third kappa shape index (κ3) is 3.75. The Bertz CT molecular complexity index is 1240. The third-order valence-electron chi connectivity index (χ3n) is 4.48. The van der Waals surface area contributed by atoms with E-state index in [4.69, 9.17) is 4.52 Å². The first-order valence-corrected chi connectivity index (χ1v) is 8.94. The zero-order valence-corrected chi connectivity index (χ0v) is 15.7. The second-order valence-corrected chi connectivity index (χ2v) is 6.56. The van der Waals surface area contributed by atoms with E-state index in [1.807, 2.05) is 0 Å². The van der Waals surface area contributed by atoms with Crippen molar-refractivity contribution in [3.05, 3.63) is 95.0 Å². The fraction of sp³-hybridized carbons (Fsp3) is 0.0455. The van der Waals surface area contributed by atoms with E-state index in [0.29, 0.717) is 11.3 Å². The molecule has 0 bridgehead atoms. The molecule has 30 heavy (non-hydrogen) atoms. The van der Waals surface area contributed by atoms with Gasteiger partial charge in [0.2, 0.25) is 0 Å². The summed E-state index contributed by atoms with van der Waals surface area (Å²) in [6, 6.07) is 12.4. The van der Waals surface area contributed by atoms with Crippen LogP contribution in [0.15, 0.2) is 65.3 Å². The van der Waals surface area contributed by atoms with Gasteiger partial charge in [0, 0.05) is 23.0 Å². The molecule has 2 aromatic carbocycles. The molecule has 8 heteroatoms. The molecule has 2 N–H and O–H groups in total. The van der Waals surface area contributed by atoms with Gasteiger partial charge in [0.05, 0.1) is 5.56 Å². The Labute approximate surface area is 169 Å². The summed E-state index contributed by atoms with van der Waals surface area (Å²) in [4.78, 5) is 28.2. The Morgan fingerprint density at radius 2 is 1.80 bits per heavy atom. The number of amides is 1. The number of rotatable bonds is 5. The van der Waals surface area contributed by atoms with E-state index in [0.717, 1.165) is 0 Å². The van der Waals surface area contributed by atoms with Crippen LogP contribution in [0.3, 0.4) is 0 Å². The first-order valence-electron chi connectivity index (χ1n) is 8.94. The number of aromatic amines is 1. The van der Waals surface area contributed by atoms with Crippen LogP contribution in [0.2, 0.25) is 0 Å². The summed E-state index contributed by atoms with van der Waals surface area (Å²) < 4.78 is 31.7. The zero-order valence-electron chi connectivity index (χ0n) is 15.7. The Kier molecular flexibility index (Phi) is 4.97. The van der Waals surface area contributed by atoms with Crippen molar-refractivity contribution in [3.8, 4) is 11.3 Å². The van der Waals surface area contributed by atoms with Crippen molar-refractivity contribution in [3.63, 3.8) is 0 Å². The van der Waals surface area contributed by atoms with Crippen LogP contribution in [0.1, 0.15) is 32.2 Å². The summed E-state index contributed by atoms with van der Waals surface area (Å²) >= 11 is 0. The molecule has 0 aliphatic carbocycles. The van der Waals surface area contributed by atoms with Gasteiger partial charge in [0.15, 0.2) is 5.78 Å². The topological polar surface area (TPSA) is 88.0 Å². The molecule has 6 nitrogen and oxygen atoms in total. The number of H-pyrrole nitrogens is 1. The lowest BCUT2D eigenvalue weighted by molar-refractivity contribution is 0.102. The maximum atomic E-state index is 13.3. The number of benzene rings is 2. The van der Waals surface area contributed by atoms with Crippen LogP contribution in [-0.4, -0.2) is 21.8 Å². The molecule has 0 unspecified atom stereocenters. The van der Waals surface area contributed by atoms with Crippen LogP contribution in [0.4, 0.5) is 14.5 Å². The summed E-state index contributed by atoms with van der Waals surface area (Å²) in [5.41, 5.74) is 1.66. The standard InChI is InChI=1S/C22H15F2N3O3/c1-12-19(20(27-30-12)13-5-7-15(23)8-6-13)21(28)14-9-18(25-11-14)22(29)26-17-4-2-3-16(24)10-17/h2-11,25H,1H3,(H,26,29). The molecule has 0 aliphatic rings. The number of nitrogens with one attached hydrogen (secondary N) is 2. The molecule has 0 aliphatic heterocycles. The summed E-state index contributed by atoms with van der Waals surface area (Å²) in [7, 11) is 0. The molecule has 1 amide bonds. The van der Waals surface area contributed by atoms with E-state index >= 15 is 0 Å². The lowest BCUT2D eigenvalue weighted by atomic mass is 9.99. The van der Waals surface area contributed by atoms with Gasteiger partial charge in [0.25, 0.3) is 5.91 Å². The van der Waals surface area contributed by atoms with Crippen LogP contribution in [-0.2, 0) is 0 Å². The van der Waals surface area contributed by atoms with Gasteiger partial charge in [-0.25, -0.2) is 8.78 Å². The van der Waals surface area contributed by atoms with Crippen molar-refractivity contribution < 1.29 is 22.9 Å². The summed E-state index contributed by atoms with van der Waals surface area (Å²) in [6.07, 6.45) is 1.39. The number of carbonyl (C=O) groups is 2. The Hall–Kier alpha value is -4.07. The highest BCUT2D eigenvalue weighted by Gasteiger charge is 2.24. The summed E-state index contributed by atoms with van der Waals surface area (Å²) in [5.74, 6) is -1.53. The van der Waals surface area contributed by atoms with Crippen LogP contribution < -0.4 is 5.32 Å². The molecule has 2 heterocycles. The van der Waals surface area contributed by atoms with E-state index < -0.39 is 23.3 Å². The average Bonchev–Trinajstić information content (AvgIpc) is 3.35. The zero-order chi connectivity index (χ0) is 21.3. The number of halogens is 2. The maximum absolute atomic E-state index is 13.3. The van der Waals surface area contributed by atoms with E-state index in [9.17, 15) is 18.4 Å². The van der Waals surface area contributed by atoms with Gasteiger partial charge in [0.1, 0.15) is 28.8 Å². The Balaban J connectivity index is 1.60. The lowest BCUT2D eigenvalue weighted by Crippen LogP contribution is -2.12. The Morgan fingerprint density at radius 1 is 1.03 bits per heavy atom. The monoisotopic (exact) mass is 407 g/mol. The molecule has 0 atom stereocenters. The van der Waals surface area contributed by atoms with Crippen molar-refractivity contribution in [2.45, 2.75) is 6.92 Å². The van der Waals surface area contributed by atoms with Crippen LogP contribution in [0.5, 0.6) is 0 Å². The van der Waals surface area contributed by atoms with E-state index in [2.05, 4.69) is 15.5 Å². The highest BCUT2D eigenvalue weighted by Crippen LogP contribution is 2.28. The summed E-state index contributed by atoms with van der Waals surface area (Å²) in [5, 5.41) is 6.48. The first-order chi connectivity index (χ1) is 14.4. The minimum absolute atomic E-state index is 0.125. The van der Waals surface area contributed by atoms with Crippen LogP contribution in [0, 0.1) is 18.6 Å². The average molecular weight is 407 g/mol. The number of hydrogen-bond donors (Lipinski definition) is 2. The van der Waals surface area contributed by atoms with Crippen molar-refractivity contribution >= 4 is 17.4 Å². The number of hydrogen-bond acceptors (Lipinski definition) is 4. The molecule has 0 fully saturated rings. The highest BCUT2D eigenvalue weighted by atomic mass is 19.1. The van der Waals surface area contributed by atoms with Gasteiger partial charge in [-0.2, -0.15) is 0 Å². The molecule has 0 radical (unpaired) electrons. The maximum Gasteiger partial charge on any atom is 0.272 e. The molecule has 0 spiro atoms. The fourth-order valence-corrected chi connectivity index (χ4v) is 3.01. The fourth-order valence-electron chi connectivity index (χ4n) is 3.01. The minimum atomic E-state index is -0.527. The van der Waals surface area contributed by atoms with E-state index in [1.54, 1.807) is 13.0 Å². The van der Waals surface area contributed by atoms with Crippen molar-refractivity contribution in [2.75, 3.05) is 5.32 Å². The van der Waals surface area contributed by atoms with Gasteiger partial charge in [-0.15, -0.1) is 0 Å². The van der Waals surface area contributed by atoms with Crippen molar-refractivity contribution in [1.29, 1.82) is 0 Å². The molecular weight excluding hydrogens is 392 g/mol. The van der Waals surface area contributed by atoms with E-state index in [-0.39, 0.29) is 28.2 Å². The number of anilines is 1. The minimum Gasteiger partial charge on any atom is -0.360 e.